The molecule has 1 amide bonds. The van der Waals surface area contributed by atoms with Crippen LogP contribution in [0.2, 0.25) is 0 Å². The lowest BCUT2D eigenvalue weighted by Gasteiger charge is -2.53. The summed E-state index contributed by atoms with van der Waals surface area (Å²) < 4.78 is 1.96. The Kier molecular flexibility index (Phi) is 4.99. The molecule has 0 bridgehead atoms. The molecule has 5 heterocycles. The number of rotatable bonds is 4. The third kappa shape index (κ3) is 3.77. The van der Waals surface area contributed by atoms with E-state index in [0.717, 1.165) is 54.2 Å². The van der Waals surface area contributed by atoms with Gasteiger partial charge in [0.05, 0.1) is 23.7 Å². The molecule has 9 heteroatoms. The van der Waals surface area contributed by atoms with Gasteiger partial charge in [-0.3, -0.25) is 10.1 Å². The quantitative estimate of drug-likeness (QED) is 0.489. The van der Waals surface area contributed by atoms with Gasteiger partial charge in [-0.05, 0) is 44.1 Å². The molecule has 9 nitrogen and oxygen atoms in total. The van der Waals surface area contributed by atoms with Crippen LogP contribution in [0.4, 0.5) is 11.8 Å². The summed E-state index contributed by atoms with van der Waals surface area (Å²) in [6.45, 7) is 4.16. The van der Waals surface area contributed by atoms with Crippen LogP contribution in [0, 0.1) is 5.41 Å². The van der Waals surface area contributed by atoms with E-state index in [1.165, 1.54) is 12.8 Å². The summed E-state index contributed by atoms with van der Waals surface area (Å²) in [6, 6.07) is 9.55. The Bertz CT molecular complexity index is 1370. The van der Waals surface area contributed by atoms with E-state index >= 15 is 0 Å². The highest BCUT2D eigenvalue weighted by Gasteiger charge is 2.43. The van der Waals surface area contributed by atoms with Crippen LogP contribution in [0.15, 0.2) is 55.2 Å². The molecular weight excluding hydrogens is 428 g/mol. The van der Waals surface area contributed by atoms with Crippen LogP contribution in [0.25, 0.3) is 22.2 Å². The number of carbonyl (C=O) groups excluding carboxylic acids is 1. The number of hydrogen-bond acceptors (Lipinski definition) is 7. The summed E-state index contributed by atoms with van der Waals surface area (Å²) in [7, 11) is 1.95. The molecule has 2 saturated heterocycles. The molecule has 0 radical (unpaired) electrons. The first-order chi connectivity index (χ1) is 16.6. The number of carbonyl (C=O) groups is 1. The molecule has 2 fully saturated rings. The Balaban J connectivity index is 1.19. The second-order valence-electron chi connectivity index (χ2n) is 9.32. The average Bonchev–Trinajstić information content (AvgIpc) is 3.28. The summed E-state index contributed by atoms with van der Waals surface area (Å²) in [5.74, 6) is 0.871. The van der Waals surface area contributed by atoms with Gasteiger partial charge >= 0.3 is 0 Å². The Hall–Kier alpha value is -3.85. The first-order valence-corrected chi connectivity index (χ1v) is 11.6. The van der Waals surface area contributed by atoms with Crippen molar-refractivity contribution in [1.29, 1.82) is 0 Å². The molecule has 6 rings (SSSR count). The molecular formula is C25H26N8O. The zero-order chi connectivity index (χ0) is 23.1. The predicted molar refractivity (Wildman–Crippen MR) is 131 cm³/mol. The zero-order valence-corrected chi connectivity index (χ0v) is 19.0. The van der Waals surface area contributed by atoms with Gasteiger partial charge < -0.3 is 14.8 Å². The fraction of sp³-hybridized carbons (Fsp3) is 0.320. The second-order valence-corrected chi connectivity index (χ2v) is 9.32. The van der Waals surface area contributed by atoms with Gasteiger partial charge in [0.1, 0.15) is 5.82 Å². The van der Waals surface area contributed by atoms with Crippen molar-refractivity contribution in [3.8, 4) is 11.3 Å². The second kappa shape index (κ2) is 8.18. The molecule has 0 saturated carbocycles. The maximum atomic E-state index is 13.0. The lowest BCUT2D eigenvalue weighted by Crippen LogP contribution is -2.60. The molecule has 0 aliphatic carbocycles. The van der Waals surface area contributed by atoms with E-state index in [4.69, 9.17) is 0 Å². The Labute approximate surface area is 197 Å². The van der Waals surface area contributed by atoms with E-state index in [1.807, 2.05) is 42.1 Å². The molecule has 2 aliphatic rings. The number of amides is 1. The van der Waals surface area contributed by atoms with Crippen molar-refractivity contribution in [1.82, 2.24) is 29.8 Å². The molecule has 2 aliphatic heterocycles. The number of pyridine rings is 1. The standard InChI is InChI=1S/C25H26N8O/c1-32-16-27-13-21(32)17-2-3-19-12-29-24(30-20(19)10-17)31-23(34)18-4-7-28-22(11-18)33-14-25(15-33)5-8-26-9-6-25/h2-4,7,10-13,16,26H,5-6,8-9,14-15H2,1H3,(H,29,30,31,34). The first kappa shape index (κ1) is 20.7. The van der Waals surface area contributed by atoms with Gasteiger partial charge in [-0.25, -0.2) is 19.9 Å². The van der Waals surface area contributed by atoms with Crippen molar-refractivity contribution in [2.24, 2.45) is 12.5 Å². The number of benzene rings is 1. The van der Waals surface area contributed by atoms with Crippen molar-refractivity contribution in [3.63, 3.8) is 0 Å². The number of nitrogens with one attached hydrogen (secondary N) is 2. The molecule has 1 spiro atoms. The van der Waals surface area contributed by atoms with E-state index in [-0.39, 0.29) is 11.9 Å². The highest BCUT2D eigenvalue weighted by Crippen LogP contribution is 2.40. The molecule has 1 aromatic carbocycles. The van der Waals surface area contributed by atoms with Crippen molar-refractivity contribution in [2.75, 3.05) is 36.4 Å². The summed E-state index contributed by atoms with van der Waals surface area (Å²) in [4.78, 5) is 32.8. The highest BCUT2D eigenvalue weighted by atomic mass is 16.1. The van der Waals surface area contributed by atoms with Gasteiger partial charge in [0, 0.05) is 54.5 Å². The predicted octanol–water partition coefficient (Wildman–Crippen LogP) is 2.87. The smallest absolute Gasteiger partial charge is 0.258 e. The number of aryl methyl sites for hydroxylation is 1. The Morgan fingerprint density at radius 2 is 1.94 bits per heavy atom. The zero-order valence-electron chi connectivity index (χ0n) is 19.0. The van der Waals surface area contributed by atoms with Gasteiger partial charge in [-0.15, -0.1) is 0 Å². The summed E-state index contributed by atoms with van der Waals surface area (Å²) >= 11 is 0. The van der Waals surface area contributed by atoms with Crippen molar-refractivity contribution < 1.29 is 4.79 Å². The molecule has 0 atom stereocenters. The van der Waals surface area contributed by atoms with Crippen LogP contribution in [-0.2, 0) is 7.05 Å². The highest BCUT2D eigenvalue weighted by molar-refractivity contribution is 6.04. The number of anilines is 2. The molecule has 2 N–H and O–H groups in total. The van der Waals surface area contributed by atoms with Crippen LogP contribution in [0.1, 0.15) is 23.2 Å². The maximum absolute atomic E-state index is 13.0. The van der Waals surface area contributed by atoms with Crippen LogP contribution >= 0.6 is 0 Å². The Morgan fingerprint density at radius 1 is 1.09 bits per heavy atom. The molecule has 3 aromatic heterocycles. The largest absolute Gasteiger partial charge is 0.355 e. The fourth-order valence-electron chi connectivity index (χ4n) is 4.98. The van der Waals surface area contributed by atoms with Crippen LogP contribution < -0.4 is 15.5 Å². The SMILES string of the molecule is Cn1cncc1-c1ccc2cnc(NC(=O)c3ccnc(N4CC5(CCNCC5)C4)c3)nc2c1. The number of aromatic nitrogens is 5. The lowest BCUT2D eigenvalue weighted by molar-refractivity contribution is 0.102. The van der Waals surface area contributed by atoms with E-state index in [0.29, 0.717) is 11.0 Å². The summed E-state index contributed by atoms with van der Waals surface area (Å²) in [6.07, 6.45) is 9.40. The van der Waals surface area contributed by atoms with Gasteiger partial charge in [-0.2, -0.15) is 0 Å². The van der Waals surface area contributed by atoms with Gasteiger partial charge in [0.25, 0.3) is 5.91 Å². The van der Waals surface area contributed by atoms with E-state index in [9.17, 15) is 4.79 Å². The van der Waals surface area contributed by atoms with Gasteiger partial charge in [-0.1, -0.05) is 12.1 Å². The summed E-state index contributed by atoms with van der Waals surface area (Å²) in [5.41, 5.74) is 3.70. The minimum Gasteiger partial charge on any atom is -0.355 e. The number of imidazole rings is 1. The van der Waals surface area contributed by atoms with Crippen LogP contribution in [-0.4, -0.2) is 56.6 Å². The lowest BCUT2D eigenvalue weighted by atomic mass is 9.72. The molecule has 4 aromatic rings. The minimum absolute atomic E-state index is 0.247. The van der Waals surface area contributed by atoms with Crippen LogP contribution in [0.3, 0.4) is 0 Å². The van der Waals surface area contributed by atoms with E-state index < -0.39 is 0 Å². The molecule has 172 valence electrons. The van der Waals surface area contributed by atoms with Crippen LogP contribution in [0.5, 0.6) is 0 Å². The first-order valence-electron chi connectivity index (χ1n) is 11.6. The molecule has 0 unspecified atom stereocenters. The average molecular weight is 455 g/mol. The third-order valence-electron chi connectivity index (χ3n) is 6.97. The van der Waals surface area contributed by atoms with Crippen molar-refractivity contribution in [2.45, 2.75) is 12.8 Å². The Morgan fingerprint density at radius 3 is 2.74 bits per heavy atom. The summed E-state index contributed by atoms with van der Waals surface area (Å²) in [5, 5.41) is 7.18. The molecule has 34 heavy (non-hydrogen) atoms. The van der Waals surface area contributed by atoms with Crippen molar-refractivity contribution >= 4 is 28.6 Å². The number of fused-ring (bicyclic) bond motifs is 1. The monoisotopic (exact) mass is 454 g/mol. The normalized spacial score (nSPS) is 17.0. The topological polar surface area (TPSA) is 101 Å². The third-order valence-corrected chi connectivity index (χ3v) is 6.97. The van der Waals surface area contributed by atoms with E-state index in [1.54, 1.807) is 24.8 Å². The van der Waals surface area contributed by atoms with Gasteiger partial charge in [0.15, 0.2) is 0 Å². The number of hydrogen-bond donors (Lipinski definition) is 2. The minimum atomic E-state index is -0.247. The van der Waals surface area contributed by atoms with Crippen molar-refractivity contribution in [3.05, 3.63) is 60.8 Å². The number of piperidine rings is 1. The van der Waals surface area contributed by atoms with Gasteiger partial charge in [0.2, 0.25) is 5.95 Å². The number of nitrogens with zero attached hydrogens (tertiary/aromatic N) is 6. The maximum Gasteiger partial charge on any atom is 0.258 e. The fourth-order valence-corrected chi connectivity index (χ4v) is 4.98. The van der Waals surface area contributed by atoms with E-state index in [2.05, 4.69) is 35.5 Å².